The molecular weight excluding hydrogens is 366 g/mol. The number of aromatic nitrogens is 1. The Morgan fingerprint density at radius 2 is 2.07 bits per heavy atom. The molecule has 2 aromatic rings. The summed E-state index contributed by atoms with van der Waals surface area (Å²) in [6, 6.07) is 11.8. The highest BCUT2D eigenvalue weighted by molar-refractivity contribution is 5.94. The number of aliphatic hydroxyl groups is 1. The van der Waals surface area contributed by atoms with E-state index < -0.39 is 6.10 Å². The Morgan fingerprint density at radius 3 is 2.86 bits per heavy atom. The third-order valence-electron chi connectivity index (χ3n) is 5.06. The van der Waals surface area contributed by atoms with Crippen LogP contribution in [0.4, 0.5) is 5.82 Å². The van der Waals surface area contributed by atoms with E-state index in [2.05, 4.69) is 49.7 Å². The zero-order valence-corrected chi connectivity index (χ0v) is 17.3. The number of fused-ring (bicyclic) bond motifs is 1. The maximum absolute atomic E-state index is 12.4. The molecule has 1 amide bonds. The molecule has 7 nitrogen and oxygen atoms in total. The van der Waals surface area contributed by atoms with E-state index in [0.717, 1.165) is 32.6 Å². The number of hydrogen-bond acceptors (Lipinski definition) is 6. The smallest absolute Gasteiger partial charge is 0.251 e. The molecule has 29 heavy (non-hydrogen) atoms. The third kappa shape index (κ3) is 6.52. The van der Waals surface area contributed by atoms with Crippen molar-refractivity contribution in [3.8, 4) is 0 Å². The van der Waals surface area contributed by atoms with Crippen LogP contribution in [0.5, 0.6) is 0 Å². The first-order valence-electron chi connectivity index (χ1n) is 10.1. The van der Waals surface area contributed by atoms with E-state index in [-0.39, 0.29) is 12.5 Å². The summed E-state index contributed by atoms with van der Waals surface area (Å²) in [6.07, 6.45) is 2.01. The minimum absolute atomic E-state index is 0.203. The van der Waals surface area contributed by atoms with Gasteiger partial charge >= 0.3 is 0 Å². The van der Waals surface area contributed by atoms with Gasteiger partial charge in [0.25, 0.3) is 5.91 Å². The largest absolute Gasteiger partial charge is 0.390 e. The fourth-order valence-corrected chi connectivity index (χ4v) is 3.46. The molecule has 1 atom stereocenters. The van der Waals surface area contributed by atoms with E-state index in [9.17, 15) is 9.90 Å². The summed E-state index contributed by atoms with van der Waals surface area (Å²) in [5, 5.41) is 16.4. The predicted octanol–water partition coefficient (Wildman–Crippen LogP) is 1.20. The summed E-state index contributed by atoms with van der Waals surface area (Å²) in [5.41, 5.74) is 3.24. The number of carbonyl (C=O) groups is 1. The number of amides is 1. The summed E-state index contributed by atoms with van der Waals surface area (Å²) >= 11 is 0. The molecule has 2 heterocycles. The minimum atomic E-state index is -0.608. The Kier molecular flexibility index (Phi) is 7.57. The van der Waals surface area contributed by atoms with E-state index in [0.29, 0.717) is 17.9 Å². The second-order valence-corrected chi connectivity index (χ2v) is 7.78. The van der Waals surface area contributed by atoms with Gasteiger partial charge in [0.1, 0.15) is 5.82 Å². The summed E-state index contributed by atoms with van der Waals surface area (Å²) in [5.74, 6) is 0.470. The van der Waals surface area contributed by atoms with Gasteiger partial charge in [-0.2, -0.15) is 0 Å². The van der Waals surface area contributed by atoms with E-state index in [1.165, 1.54) is 11.1 Å². The minimum Gasteiger partial charge on any atom is -0.390 e. The van der Waals surface area contributed by atoms with Crippen molar-refractivity contribution in [2.24, 2.45) is 0 Å². The zero-order valence-electron chi connectivity index (χ0n) is 17.3. The average Bonchev–Trinajstić information content (AvgIpc) is 2.72. The van der Waals surface area contributed by atoms with Crippen LogP contribution in [0, 0.1) is 0 Å². The molecule has 0 saturated heterocycles. The number of rotatable bonds is 9. The molecule has 0 fully saturated rings. The van der Waals surface area contributed by atoms with Gasteiger partial charge < -0.3 is 20.6 Å². The van der Waals surface area contributed by atoms with Gasteiger partial charge in [-0.3, -0.25) is 9.69 Å². The highest BCUT2D eigenvalue weighted by Gasteiger charge is 2.19. The van der Waals surface area contributed by atoms with Crippen LogP contribution < -0.4 is 10.6 Å². The number of aliphatic hydroxyl groups excluding tert-OH is 1. The number of carbonyl (C=O) groups excluding carboxylic acids is 1. The molecule has 1 aliphatic rings. The summed E-state index contributed by atoms with van der Waals surface area (Å²) in [6.45, 7) is 4.17. The predicted molar refractivity (Wildman–Crippen MR) is 115 cm³/mol. The van der Waals surface area contributed by atoms with E-state index >= 15 is 0 Å². The van der Waals surface area contributed by atoms with Crippen molar-refractivity contribution in [1.82, 2.24) is 20.1 Å². The van der Waals surface area contributed by atoms with Gasteiger partial charge in [0.15, 0.2) is 0 Å². The number of nitrogens with zero attached hydrogens (tertiary/aromatic N) is 3. The first kappa shape index (κ1) is 21.2. The number of hydrogen-bond donors (Lipinski definition) is 3. The molecule has 0 unspecified atom stereocenters. The Labute approximate surface area is 172 Å². The van der Waals surface area contributed by atoms with Crippen LogP contribution in [-0.2, 0) is 13.0 Å². The van der Waals surface area contributed by atoms with Crippen LogP contribution >= 0.6 is 0 Å². The molecule has 1 aromatic heterocycles. The molecule has 1 aliphatic heterocycles. The lowest BCUT2D eigenvalue weighted by Crippen LogP contribution is -2.42. The first-order valence-corrected chi connectivity index (χ1v) is 10.1. The second kappa shape index (κ2) is 10.3. The zero-order chi connectivity index (χ0) is 20.6. The molecule has 0 radical (unpaired) electrons. The van der Waals surface area contributed by atoms with Crippen molar-refractivity contribution in [2.75, 3.05) is 52.1 Å². The SMILES string of the molecule is CN(C)CCNc1cc(C(=O)NC[C@H](O)CN2CCc3ccccc3C2)ccn1. The van der Waals surface area contributed by atoms with Gasteiger partial charge in [-0.15, -0.1) is 0 Å². The Bertz CT molecular complexity index is 811. The fourth-order valence-electron chi connectivity index (χ4n) is 3.46. The van der Waals surface area contributed by atoms with Crippen LogP contribution in [0.1, 0.15) is 21.5 Å². The van der Waals surface area contributed by atoms with Crippen molar-refractivity contribution in [1.29, 1.82) is 0 Å². The van der Waals surface area contributed by atoms with E-state index in [4.69, 9.17) is 0 Å². The van der Waals surface area contributed by atoms with Crippen molar-refractivity contribution < 1.29 is 9.90 Å². The lowest BCUT2D eigenvalue weighted by Gasteiger charge is -2.30. The summed E-state index contributed by atoms with van der Waals surface area (Å²) in [7, 11) is 4.01. The lowest BCUT2D eigenvalue weighted by atomic mass is 10.00. The maximum atomic E-state index is 12.4. The lowest BCUT2D eigenvalue weighted by molar-refractivity contribution is 0.0842. The first-order chi connectivity index (χ1) is 14.0. The second-order valence-electron chi connectivity index (χ2n) is 7.78. The highest BCUT2D eigenvalue weighted by Crippen LogP contribution is 2.18. The van der Waals surface area contributed by atoms with Crippen molar-refractivity contribution in [3.63, 3.8) is 0 Å². The van der Waals surface area contributed by atoms with Gasteiger partial charge in [0.2, 0.25) is 0 Å². The maximum Gasteiger partial charge on any atom is 0.251 e. The molecule has 3 rings (SSSR count). The fraction of sp³-hybridized carbons (Fsp3) is 0.455. The number of β-amino-alcohol motifs (C(OH)–C–C–N with tert-alkyl or cyclic N) is 1. The molecule has 0 aliphatic carbocycles. The highest BCUT2D eigenvalue weighted by atomic mass is 16.3. The van der Waals surface area contributed by atoms with Gasteiger partial charge in [0, 0.05) is 51.0 Å². The van der Waals surface area contributed by atoms with Gasteiger partial charge in [0.05, 0.1) is 6.10 Å². The number of pyridine rings is 1. The Morgan fingerprint density at radius 1 is 1.28 bits per heavy atom. The summed E-state index contributed by atoms with van der Waals surface area (Å²) < 4.78 is 0. The normalized spacial score (nSPS) is 15.0. The number of benzene rings is 1. The number of likely N-dealkylation sites (N-methyl/N-ethyl adjacent to an activating group) is 1. The van der Waals surface area contributed by atoms with Crippen LogP contribution in [0.15, 0.2) is 42.6 Å². The molecule has 0 spiro atoms. The van der Waals surface area contributed by atoms with E-state index in [1.807, 2.05) is 14.1 Å². The Balaban J connectivity index is 1.44. The molecule has 1 aromatic carbocycles. The molecule has 156 valence electrons. The molecule has 3 N–H and O–H groups in total. The molecular formula is C22H31N5O2. The molecule has 0 bridgehead atoms. The van der Waals surface area contributed by atoms with Crippen LogP contribution in [-0.4, -0.2) is 78.7 Å². The third-order valence-corrected chi connectivity index (χ3v) is 5.06. The number of anilines is 1. The standard InChI is InChI=1S/C22H31N5O2/c1-26(2)12-10-24-21-13-18(7-9-23-21)22(29)25-14-20(28)16-27-11-8-17-5-3-4-6-19(17)15-27/h3-7,9,13,20,28H,8,10-12,14-16H2,1-2H3,(H,23,24)(H,25,29)/t20-/m0/s1. The molecule has 0 saturated carbocycles. The van der Waals surface area contributed by atoms with E-state index in [1.54, 1.807) is 18.3 Å². The monoisotopic (exact) mass is 397 g/mol. The molecule has 7 heteroatoms. The van der Waals surface area contributed by atoms with Crippen molar-refractivity contribution >= 4 is 11.7 Å². The van der Waals surface area contributed by atoms with Crippen molar-refractivity contribution in [3.05, 3.63) is 59.3 Å². The average molecular weight is 398 g/mol. The number of nitrogens with one attached hydrogen (secondary N) is 2. The van der Waals surface area contributed by atoms with Crippen molar-refractivity contribution in [2.45, 2.75) is 19.1 Å². The Hall–Kier alpha value is -2.48. The van der Waals surface area contributed by atoms with Gasteiger partial charge in [-0.25, -0.2) is 4.98 Å². The van der Waals surface area contributed by atoms with Crippen LogP contribution in [0.2, 0.25) is 0 Å². The quantitative estimate of drug-likeness (QED) is 0.590. The topological polar surface area (TPSA) is 80.7 Å². The van der Waals surface area contributed by atoms with Gasteiger partial charge in [-0.1, -0.05) is 24.3 Å². The van der Waals surface area contributed by atoms with Gasteiger partial charge in [-0.05, 0) is 43.8 Å². The van der Waals surface area contributed by atoms with Crippen LogP contribution in [0.3, 0.4) is 0 Å². The summed E-state index contributed by atoms with van der Waals surface area (Å²) in [4.78, 5) is 21.0. The van der Waals surface area contributed by atoms with Crippen LogP contribution in [0.25, 0.3) is 0 Å².